The smallest absolute Gasteiger partial charge is 0.270 e. The van der Waals surface area contributed by atoms with Gasteiger partial charge in [0.2, 0.25) is 5.88 Å². The number of methoxy groups -OCH3 is 1. The molecule has 0 fully saturated rings. The zero-order chi connectivity index (χ0) is 20.4. The number of non-ortho nitro benzene ring substituents is 1. The van der Waals surface area contributed by atoms with Crippen LogP contribution >= 0.6 is 11.6 Å². The van der Waals surface area contributed by atoms with Crippen molar-refractivity contribution < 1.29 is 9.66 Å². The molecule has 4 aromatic rings. The molecule has 0 bridgehead atoms. The first-order valence-corrected chi connectivity index (χ1v) is 9.10. The minimum Gasteiger partial charge on any atom is -0.479 e. The van der Waals surface area contributed by atoms with Gasteiger partial charge < -0.3 is 10.1 Å². The van der Waals surface area contributed by atoms with Crippen LogP contribution in [0.25, 0.3) is 16.9 Å². The van der Waals surface area contributed by atoms with E-state index in [0.717, 1.165) is 5.56 Å². The molecule has 29 heavy (non-hydrogen) atoms. The summed E-state index contributed by atoms with van der Waals surface area (Å²) in [4.78, 5) is 15.2. The van der Waals surface area contributed by atoms with Gasteiger partial charge in [-0.05, 0) is 23.8 Å². The number of halogens is 1. The van der Waals surface area contributed by atoms with Crippen molar-refractivity contribution in [2.24, 2.45) is 0 Å². The number of nitrogens with one attached hydrogen (secondary N) is 1. The molecule has 146 valence electrons. The number of nitrogens with zero attached hydrogens (tertiary/aromatic N) is 4. The SMILES string of the molecule is COc1c(-c2cccc([N+](=O)[O-])c2)nc2ccc(NCc3ccccc3Cl)nn12. The van der Waals surface area contributed by atoms with E-state index >= 15 is 0 Å². The van der Waals surface area contributed by atoms with Gasteiger partial charge in [-0.2, -0.15) is 4.52 Å². The number of ether oxygens (including phenoxy) is 1. The van der Waals surface area contributed by atoms with E-state index in [1.165, 1.54) is 19.2 Å². The van der Waals surface area contributed by atoms with Crippen LogP contribution in [0.4, 0.5) is 11.5 Å². The van der Waals surface area contributed by atoms with Crippen LogP contribution in [-0.4, -0.2) is 26.6 Å². The number of hydrogen-bond donors (Lipinski definition) is 1. The minimum atomic E-state index is -0.444. The molecule has 0 aliphatic rings. The quantitative estimate of drug-likeness (QED) is 0.370. The standard InChI is InChI=1S/C20H16ClN5O3/c1-29-20-19(13-6-4-7-15(11-13)26(27)28)23-18-10-9-17(24-25(18)20)22-12-14-5-2-3-8-16(14)21/h2-11H,12H2,1H3,(H,22,24). The summed E-state index contributed by atoms with van der Waals surface area (Å²) >= 11 is 6.20. The predicted molar refractivity (Wildman–Crippen MR) is 110 cm³/mol. The van der Waals surface area contributed by atoms with E-state index in [-0.39, 0.29) is 5.69 Å². The molecule has 2 heterocycles. The second-order valence-corrected chi connectivity index (χ2v) is 6.62. The van der Waals surface area contributed by atoms with Crippen LogP contribution in [0.3, 0.4) is 0 Å². The van der Waals surface area contributed by atoms with Crippen LogP contribution in [0, 0.1) is 10.1 Å². The fourth-order valence-electron chi connectivity index (χ4n) is 2.97. The van der Waals surface area contributed by atoms with Crippen molar-refractivity contribution in [2.45, 2.75) is 6.54 Å². The Balaban J connectivity index is 1.69. The van der Waals surface area contributed by atoms with Crippen LogP contribution in [0.15, 0.2) is 60.7 Å². The summed E-state index contributed by atoms with van der Waals surface area (Å²) in [6.45, 7) is 0.507. The summed E-state index contributed by atoms with van der Waals surface area (Å²) in [5.74, 6) is 1.00. The molecule has 0 aliphatic heterocycles. The Labute approximate surface area is 170 Å². The number of rotatable bonds is 6. The molecule has 1 N–H and O–H groups in total. The number of fused-ring (bicyclic) bond motifs is 1. The Hall–Kier alpha value is -3.65. The zero-order valence-electron chi connectivity index (χ0n) is 15.4. The van der Waals surface area contributed by atoms with Gasteiger partial charge in [-0.25, -0.2) is 4.98 Å². The van der Waals surface area contributed by atoms with Crippen molar-refractivity contribution in [3.63, 3.8) is 0 Å². The molecule has 0 saturated heterocycles. The summed E-state index contributed by atoms with van der Waals surface area (Å²) in [5.41, 5.74) is 2.55. The second kappa shape index (κ2) is 7.76. The zero-order valence-corrected chi connectivity index (χ0v) is 16.1. The number of hydrogen-bond acceptors (Lipinski definition) is 6. The molecule has 2 aromatic heterocycles. The highest BCUT2D eigenvalue weighted by Gasteiger charge is 2.18. The molecule has 8 nitrogen and oxygen atoms in total. The fourth-order valence-corrected chi connectivity index (χ4v) is 3.18. The molecular formula is C20H16ClN5O3. The van der Waals surface area contributed by atoms with Crippen molar-refractivity contribution >= 4 is 28.8 Å². The van der Waals surface area contributed by atoms with E-state index in [2.05, 4.69) is 15.4 Å². The van der Waals surface area contributed by atoms with Gasteiger partial charge in [-0.3, -0.25) is 10.1 Å². The molecule has 0 aliphatic carbocycles. The molecular weight excluding hydrogens is 394 g/mol. The van der Waals surface area contributed by atoms with Crippen LogP contribution < -0.4 is 10.1 Å². The lowest BCUT2D eigenvalue weighted by Crippen LogP contribution is -2.05. The highest BCUT2D eigenvalue weighted by atomic mass is 35.5. The number of nitro groups is 1. The molecule has 0 unspecified atom stereocenters. The molecule has 4 rings (SSSR count). The number of aromatic nitrogens is 3. The second-order valence-electron chi connectivity index (χ2n) is 6.21. The molecule has 9 heteroatoms. The molecule has 0 amide bonds. The highest BCUT2D eigenvalue weighted by molar-refractivity contribution is 6.31. The van der Waals surface area contributed by atoms with Gasteiger partial charge in [0.25, 0.3) is 5.69 Å². The Morgan fingerprint density at radius 2 is 2.00 bits per heavy atom. The highest BCUT2D eigenvalue weighted by Crippen LogP contribution is 2.32. The molecule has 2 aromatic carbocycles. The Kier molecular flexibility index (Phi) is 5.01. The normalized spacial score (nSPS) is 10.8. The van der Waals surface area contributed by atoms with Gasteiger partial charge in [0.05, 0.1) is 12.0 Å². The van der Waals surface area contributed by atoms with Gasteiger partial charge in [-0.1, -0.05) is 41.9 Å². The number of imidazole rings is 1. The van der Waals surface area contributed by atoms with Crippen molar-refractivity contribution in [1.82, 2.24) is 14.6 Å². The largest absolute Gasteiger partial charge is 0.479 e. The van der Waals surface area contributed by atoms with Gasteiger partial charge in [0, 0.05) is 29.3 Å². The van der Waals surface area contributed by atoms with Crippen LogP contribution in [0.1, 0.15) is 5.56 Å². The molecule has 0 spiro atoms. The third-order valence-corrected chi connectivity index (χ3v) is 4.75. The fraction of sp³-hybridized carbons (Fsp3) is 0.100. The minimum absolute atomic E-state index is 0.0170. The number of benzene rings is 2. The number of anilines is 1. The van der Waals surface area contributed by atoms with E-state index in [1.54, 1.807) is 28.8 Å². The number of nitro benzene ring substituents is 1. The Bertz CT molecular complexity index is 1210. The van der Waals surface area contributed by atoms with Crippen molar-refractivity contribution in [3.8, 4) is 17.1 Å². The lowest BCUT2D eigenvalue weighted by atomic mass is 10.1. The Morgan fingerprint density at radius 3 is 2.76 bits per heavy atom. The van der Waals surface area contributed by atoms with E-state index in [4.69, 9.17) is 16.3 Å². The van der Waals surface area contributed by atoms with Gasteiger partial charge in [0.15, 0.2) is 5.65 Å². The molecule has 0 saturated carbocycles. The van der Waals surface area contributed by atoms with Crippen LogP contribution in [0.2, 0.25) is 5.02 Å². The van der Waals surface area contributed by atoms with Crippen LogP contribution in [0.5, 0.6) is 5.88 Å². The monoisotopic (exact) mass is 409 g/mol. The summed E-state index contributed by atoms with van der Waals surface area (Å²) in [5, 5.41) is 19.5. The van der Waals surface area contributed by atoms with Crippen LogP contribution in [-0.2, 0) is 6.54 Å². The predicted octanol–water partition coefficient (Wildman–Crippen LogP) is 4.58. The first kappa shape index (κ1) is 18.7. The van der Waals surface area contributed by atoms with Crippen molar-refractivity contribution in [1.29, 1.82) is 0 Å². The van der Waals surface area contributed by atoms with Gasteiger partial charge >= 0.3 is 0 Å². The summed E-state index contributed by atoms with van der Waals surface area (Å²) in [6, 6.07) is 17.4. The summed E-state index contributed by atoms with van der Waals surface area (Å²) in [6.07, 6.45) is 0. The average molecular weight is 410 g/mol. The van der Waals surface area contributed by atoms with Crippen molar-refractivity contribution in [2.75, 3.05) is 12.4 Å². The maximum absolute atomic E-state index is 11.1. The van der Waals surface area contributed by atoms with E-state index in [0.29, 0.717) is 40.2 Å². The summed E-state index contributed by atoms with van der Waals surface area (Å²) < 4.78 is 7.07. The van der Waals surface area contributed by atoms with Crippen molar-refractivity contribution in [3.05, 3.63) is 81.4 Å². The third-order valence-electron chi connectivity index (χ3n) is 4.38. The Morgan fingerprint density at radius 1 is 1.17 bits per heavy atom. The molecule has 0 atom stereocenters. The first-order valence-electron chi connectivity index (χ1n) is 8.72. The molecule has 0 radical (unpaired) electrons. The van der Waals surface area contributed by atoms with E-state index < -0.39 is 4.92 Å². The summed E-state index contributed by atoms with van der Waals surface area (Å²) in [7, 11) is 1.51. The lowest BCUT2D eigenvalue weighted by Gasteiger charge is -2.08. The first-order chi connectivity index (χ1) is 14.1. The van der Waals surface area contributed by atoms with Gasteiger partial charge in [-0.15, -0.1) is 5.10 Å². The average Bonchev–Trinajstić information content (AvgIpc) is 3.11. The maximum atomic E-state index is 11.1. The lowest BCUT2D eigenvalue weighted by molar-refractivity contribution is -0.384. The van der Waals surface area contributed by atoms with Gasteiger partial charge in [0.1, 0.15) is 11.5 Å². The maximum Gasteiger partial charge on any atom is 0.270 e. The van der Waals surface area contributed by atoms with E-state index in [1.807, 2.05) is 24.3 Å². The third kappa shape index (κ3) is 3.70. The topological polar surface area (TPSA) is 94.6 Å². The van der Waals surface area contributed by atoms with E-state index in [9.17, 15) is 10.1 Å².